The second-order valence-corrected chi connectivity index (χ2v) is 3.92. The molecule has 96 valence electrons. The summed E-state index contributed by atoms with van der Waals surface area (Å²) in [4.78, 5) is 14.4. The van der Waals surface area contributed by atoms with E-state index >= 15 is 0 Å². The number of carbonyl (C=O) groups is 1. The maximum atomic E-state index is 10.7. The number of carboxylic acid groups (broad SMARTS) is 1. The fourth-order valence-corrected chi connectivity index (χ4v) is 1.58. The lowest BCUT2D eigenvalue weighted by atomic mass is 10.2. The number of hydrogen-bond donors (Lipinski definition) is 2. The van der Waals surface area contributed by atoms with Gasteiger partial charge in [-0.15, -0.1) is 0 Å². The molecule has 0 radical (unpaired) electrons. The predicted molar refractivity (Wildman–Crippen MR) is 68.8 cm³/mol. The molecule has 1 heterocycles. The average molecular weight is 256 g/mol. The molecule has 2 N–H and O–H groups in total. The number of rotatable bonds is 5. The molecule has 0 aliphatic carbocycles. The molecule has 6 heteroatoms. The summed E-state index contributed by atoms with van der Waals surface area (Å²) in [5.74, 6) is -1.03. The highest BCUT2D eigenvalue weighted by Gasteiger charge is 2.05. The number of carboxylic acids is 1. The van der Waals surface area contributed by atoms with Gasteiger partial charge in [0, 0.05) is 25.0 Å². The van der Waals surface area contributed by atoms with Crippen LogP contribution in [0.15, 0.2) is 36.8 Å². The Kier molecular flexibility index (Phi) is 3.78. The number of nitriles is 1. The van der Waals surface area contributed by atoms with Crippen molar-refractivity contribution in [3.05, 3.63) is 48.0 Å². The lowest BCUT2D eigenvalue weighted by Gasteiger charge is -2.06. The summed E-state index contributed by atoms with van der Waals surface area (Å²) in [5, 5.41) is 20.6. The largest absolute Gasteiger partial charge is 0.476 e. The minimum Gasteiger partial charge on any atom is -0.476 e. The number of aromatic nitrogens is 2. The Labute approximate surface area is 109 Å². The predicted octanol–water partition coefficient (Wildman–Crippen LogP) is 1.57. The van der Waals surface area contributed by atoms with Crippen molar-refractivity contribution in [1.82, 2.24) is 9.55 Å². The first-order valence-corrected chi connectivity index (χ1v) is 5.68. The van der Waals surface area contributed by atoms with E-state index in [4.69, 9.17) is 10.4 Å². The standard InChI is InChI=1S/C13H12N4O2/c14-7-10-1-3-11(4-2-10)15-5-6-17-8-12(13(18)19)16-9-17/h1-4,8-9,15H,5-6H2,(H,18,19). The first kappa shape index (κ1) is 12.6. The second-order valence-electron chi connectivity index (χ2n) is 3.92. The molecular weight excluding hydrogens is 244 g/mol. The molecule has 0 aliphatic heterocycles. The maximum absolute atomic E-state index is 10.7. The average Bonchev–Trinajstić information content (AvgIpc) is 2.89. The Morgan fingerprint density at radius 3 is 2.74 bits per heavy atom. The first-order valence-electron chi connectivity index (χ1n) is 5.68. The maximum Gasteiger partial charge on any atom is 0.356 e. The number of hydrogen-bond acceptors (Lipinski definition) is 4. The summed E-state index contributed by atoms with van der Waals surface area (Å²) in [6.45, 7) is 1.25. The van der Waals surface area contributed by atoms with Gasteiger partial charge in [0.15, 0.2) is 5.69 Å². The van der Waals surface area contributed by atoms with Crippen molar-refractivity contribution in [2.75, 3.05) is 11.9 Å². The van der Waals surface area contributed by atoms with Crippen LogP contribution in [-0.4, -0.2) is 27.2 Å². The number of nitrogens with zero attached hydrogens (tertiary/aromatic N) is 3. The van der Waals surface area contributed by atoms with Gasteiger partial charge in [-0.05, 0) is 24.3 Å². The molecule has 6 nitrogen and oxygen atoms in total. The molecule has 0 fully saturated rings. The van der Waals surface area contributed by atoms with Gasteiger partial charge in [-0.1, -0.05) is 0 Å². The Hall–Kier alpha value is -2.81. The molecule has 0 saturated carbocycles. The molecule has 2 aromatic rings. The molecule has 1 aromatic carbocycles. The summed E-state index contributed by atoms with van der Waals surface area (Å²) in [5.41, 5.74) is 1.57. The van der Waals surface area contributed by atoms with Gasteiger partial charge < -0.3 is 15.0 Å². The molecule has 0 amide bonds. The SMILES string of the molecule is N#Cc1ccc(NCCn2cnc(C(=O)O)c2)cc1. The number of imidazole rings is 1. The Morgan fingerprint density at radius 1 is 1.42 bits per heavy atom. The van der Waals surface area contributed by atoms with E-state index in [0.29, 0.717) is 18.7 Å². The van der Waals surface area contributed by atoms with Gasteiger partial charge in [0.2, 0.25) is 0 Å². The number of anilines is 1. The molecule has 0 saturated heterocycles. The fraction of sp³-hybridized carbons (Fsp3) is 0.154. The van der Waals surface area contributed by atoms with E-state index in [1.54, 1.807) is 16.7 Å². The Morgan fingerprint density at radius 2 is 2.16 bits per heavy atom. The van der Waals surface area contributed by atoms with Gasteiger partial charge in [-0.3, -0.25) is 0 Å². The van der Waals surface area contributed by atoms with E-state index in [-0.39, 0.29) is 5.69 Å². The van der Waals surface area contributed by atoms with Crippen LogP contribution in [0, 0.1) is 11.3 Å². The summed E-state index contributed by atoms with van der Waals surface area (Å²) >= 11 is 0. The third kappa shape index (κ3) is 3.33. The summed E-state index contributed by atoms with van der Waals surface area (Å²) in [6.07, 6.45) is 2.98. The van der Waals surface area contributed by atoms with Crippen LogP contribution in [0.1, 0.15) is 16.1 Å². The quantitative estimate of drug-likeness (QED) is 0.847. The van der Waals surface area contributed by atoms with Gasteiger partial charge in [0.25, 0.3) is 0 Å². The molecule has 0 aliphatic rings. The van der Waals surface area contributed by atoms with Gasteiger partial charge in [-0.2, -0.15) is 5.26 Å². The van der Waals surface area contributed by atoms with E-state index in [9.17, 15) is 4.79 Å². The fourth-order valence-electron chi connectivity index (χ4n) is 1.58. The zero-order chi connectivity index (χ0) is 13.7. The summed E-state index contributed by atoms with van der Waals surface area (Å²) < 4.78 is 1.71. The van der Waals surface area contributed by atoms with Gasteiger partial charge in [0.1, 0.15) is 0 Å². The van der Waals surface area contributed by atoms with Crippen LogP contribution in [0.2, 0.25) is 0 Å². The number of nitrogens with one attached hydrogen (secondary N) is 1. The monoisotopic (exact) mass is 256 g/mol. The van der Waals surface area contributed by atoms with Crippen LogP contribution in [0.5, 0.6) is 0 Å². The highest BCUT2D eigenvalue weighted by Crippen LogP contribution is 2.08. The zero-order valence-corrected chi connectivity index (χ0v) is 10.1. The summed E-state index contributed by atoms with van der Waals surface area (Å²) in [7, 11) is 0. The van der Waals surface area contributed by atoms with E-state index in [2.05, 4.69) is 16.4 Å². The van der Waals surface area contributed by atoms with Crippen molar-refractivity contribution in [2.24, 2.45) is 0 Å². The number of aromatic carboxylic acids is 1. The van der Waals surface area contributed by atoms with Crippen molar-refractivity contribution >= 4 is 11.7 Å². The third-order valence-corrected chi connectivity index (χ3v) is 2.57. The van der Waals surface area contributed by atoms with Gasteiger partial charge in [0.05, 0.1) is 18.0 Å². The third-order valence-electron chi connectivity index (χ3n) is 2.57. The van der Waals surface area contributed by atoms with Crippen molar-refractivity contribution in [3.8, 4) is 6.07 Å². The van der Waals surface area contributed by atoms with Crippen LogP contribution < -0.4 is 5.32 Å². The summed E-state index contributed by atoms with van der Waals surface area (Å²) in [6, 6.07) is 9.19. The molecule has 0 unspecified atom stereocenters. The van der Waals surface area contributed by atoms with Crippen molar-refractivity contribution in [3.63, 3.8) is 0 Å². The molecule has 2 rings (SSSR count). The Balaban J connectivity index is 1.85. The van der Waals surface area contributed by atoms with Crippen LogP contribution >= 0.6 is 0 Å². The zero-order valence-electron chi connectivity index (χ0n) is 10.1. The molecule has 1 aromatic heterocycles. The van der Waals surface area contributed by atoms with Crippen LogP contribution in [0.25, 0.3) is 0 Å². The molecular formula is C13H12N4O2. The van der Waals surface area contributed by atoms with Gasteiger partial charge in [-0.25, -0.2) is 9.78 Å². The minimum absolute atomic E-state index is 0.0402. The molecule has 0 atom stereocenters. The molecule has 19 heavy (non-hydrogen) atoms. The Bertz CT molecular complexity index is 610. The first-order chi connectivity index (χ1) is 9.19. The lowest BCUT2D eigenvalue weighted by molar-refractivity contribution is 0.0691. The number of benzene rings is 1. The van der Waals surface area contributed by atoms with E-state index < -0.39 is 5.97 Å². The van der Waals surface area contributed by atoms with Gasteiger partial charge >= 0.3 is 5.97 Å². The second kappa shape index (κ2) is 5.69. The normalized spacial score (nSPS) is 9.84. The molecule has 0 spiro atoms. The van der Waals surface area contributed by atoms with Crippen LogP contribution in [-0.2, 0) is 6.54 Å². The minimum atomic E-state index is -1.03. The van der Waals surface area contributed by atoms with Crippen molar-refractivity contribution in [2.45, 2.75) is 6.54 Å². The van der Waals surface area contributed by atoms with E-state index in [1.807, 2.05) is 12.1 Å². The highest BCUT2D eigenvalue weighted by molar-refractivity contribution is 5.84. The van der Waals surface area contributed by atoms with E-state index in [1.165, 1.54) is 12.5 Å². The van der Waals surface area contributed by atoms with Crippen LogP contribution in [0.4, 0.5) is 5.69 Å². The topological polar surface area (TPSA) is 90.9 Å². The van der Waals surface area contributed by atoms with E-state index in [0.717, 1.165) is 5.69 Å². The van der Waals surface area contributed by atoms with Crippen molar-refractivity contribution < 1.29 is 9.90 Å². The van der Waals surface area contributed by atoms with Crippen LogP contribution in [0.3, 0.4) is 0 Å². The van der Waals surface area contributed by atoms with Crippen molar-refractivity contribution in [1.29, 1.82) is 5.26 Å². The lowest BCUT2D eigenvalue weighted by Crippen LogP contribution is -2.09. The highest BCUT2D eigenvalue weighted by atomic mass is 16.4. The smallest absolute Gasteiger partial charge is 0.356 e. The molecule has 0 bridgehead atoms.